The van der Waals surface area contributed by atoms with E-state index in [4.69, 9.17) is 10.5 Å². The summed E-state index contributed by atoms with van der Waals surface area (Å²) in [4.78, 5) is 0. The highest BCUT2D eigenvalue weighted by molar-refractivity contribution is 5.42. The zero-order valence-corrected chi connectivity index (χ0v) is 11.8. The Morgan fingerprint density at radius 2 is 1.79 bits per heavy atom. The highest BCUT2D eigenvalue weighted by Crippen LogP contribution is 2.28. The molecular weight excluding hydrogens is 234 g/mol. The minimum absolute atomic E-state index is 0.129. The molecule has 1 atom stereocenters. The van der Waals surface area contributed by atoms with E-state index in [0.717, 1.165) is 29.0 Å². The summed E-state index contributed by atoms with van der Waals surface area (Å²) in [5, 5.41) is 0. The fourth-order valence-corrected chi connectivity index (χ4v) is 2.15. The van der Waals surface area contributed by atoms with Crippen LogP contribution in [0.3, 0.4) is 0 Å². The lowest BCUT2D eigenvalue weighted by atomic mass is 10.1. The van der Waals surface area contributed by atoms with E-state index in [2.05, 4.69) is 32.0 Å². The first-order valence-corrected chi connectivity index (χ1v) is 6.65. The highest BCUT2D eigenvalue weighted by atomic mass is 16.5. The summed E-state index contributed by atoms with van der Waals surface area (Å²) >= 11 is 0. The second-order valence-corrected chi connectivity index (χ2v) is 5.16. The van der Waals surface area contributed by atoms with Crippen LogP contribution in [-0.4, -0.2) is 6.04 Å². The number of rotatable bonds is 4. The molecule has 2 aromatic rings. The van der Waals surface area contributed by atoms with Crippen molar-refractivity contribution < 1.29 is 4.74 Å². The van der Waals surface area contributed by atoms with Gasteiger partial charge in [0, 0.05) is 6.04 Å². The van der Waals surface area contributed by atoms with E-state index in [9.17, 15) is 0 Å². The Balaban J connectivity index is 2.27. The maximum absolute atomic E-state index is 6.04. The third-order valence-electron chi connectivity index (χ3n) is 3.06. The van der Waals surface area contributed by atoms with Crippen molar-refractivity contribution in [1.29, 1.82) is 0 Å². The fraction of sp³-hybridized carbons (Fsp3) is 0.294. The summed E-state index contributed by atoms with van der Waals surface area (Å²) in [5.74, 6) is 1.80. The van der Waals surface area contributed by atoms with Gasteiger partial charge in [0.25, 0.3) is 0 Å². The van der Waals surface area contributed by atoms with E-state index >= 15 is 0 Å². The molecule has 1 unspecified atom stereocenters. The topological polar surface area (TPSA) is 35.2 Å². The number of ether oxygens (including phenoxy) is 1. The van der Waals surface area contributed by atoms with E-state index in [1.54, 1.807) is 0 Å². The van der Waals surface area contributed by atoms with Crippen molar-refractivity contribution in [3.8, 4) is 11.5 Å². The Labute approximate surface area is 115 Å². The van der Waals surface area contributed by atoms with E-state index in [1.807, 2.05) is 31.2 Å². The summed E-state index contributed by atoms with van der Waals surface area (Å²) < 4.78 is 6.04. The van der Waals surface area contributed by atoms with Gasteiger partial charge in [0.15, 0.2) is 0 Å². The Kier molecular flexibility index (Phi) is 4.23. The quantitative estimate of drug-likeness (QED) is 0.896. The van der Waals surface area contributed by atoms with Crippen molar-refractivity contribution >= 4 is 0 Å². The Morgan fingerprint density at radius 1 is 1.05 bits per heavy atom. The molecule has 100 valence electrons. The maximum atomic E-state index is 6.04. The SMILES string of the molecule is Cc1ccc(Oc2ccccc2CC(C)N)c(C)c1. The second kappa shape index (κ2) is 5.89. The molecule has 2 heteroatoms. The smallest absolute Gasteiger partial charge is 0.130 e. The predicted octanol–water partition coefficient (Wildman–Crippen LogP) is 3.99. The third-order valence-corrected chi connectivity index (χ3v) is 3.06. The zero-order valence-electron chi connectivity index (χ0n) is 11.8. The number of hydrogen-bond donors (Lipinski definition) is 1. The zero-order chi connectivity index (χ0) is 13.8. The first-order chi connectivity index (χ1) is 9.06. The summed E-state index contributed by atoms with van der Waals surface area (Å²) in [6.07, 6.45) is 0.821. The van der Waals surface area contributed by atoms with Gasteiger partial charge in [-0.05, 0) is 50.5 Å². The number of aryl methyl sites for hydroxylation is 2. The highest BCUT2D eigenvalue weighted by Gasteiger charge is 2.08. The molecule has 19 heavy (non-hydrogen) atoms. The molecular formula is C17H21NO. The summed E-state index contributed by atoms with van der Waals surface area (Å²) in [7, 11) is 0. The van der Waals surface area contributed by atoms with Crippen LogP contribution in [0.25, 0.3) is 0 Å². The van der Waals surface area contributed by atoms with Gasteiger partial charge in [-0.25, -0.2) is 0 Å². The van der Waals surface area contributed by atoms with Gasteiger partial charge in [0.1, 0.15) is 11.5 Å². The molecule has 0 saturated heterocycles. The molecule has 0 spiro atoms. The van der Waals surface area contributed by atoms with Crippen LogP contribution in [0.2, 0.25) is 0 Å². The first-order valence-electron chi connectivity index (χ1n) is 6.65. The van der Waals surface area contributed by atoms with Crippen molar-refractivity contribution in [2.45, 2.75) is 33.2 Å². The van der Waals surface area contributed by atoms with Crippen LogP contribution < -0.4 is 10.5 Å². The molecule has 0 bridgehead atoms. The Bertz CT molecular complexity index is 561. The van der Waals surface area contributed by atoms with Crippen molar-refractivity contribution in [2.24, 2.45) is 5.73 Å². The van der Waals surface area contributed by atoms with Crippen LogP contribution in [0, 0.1) is 13.8 Å². The minimum Gasteiger partial charge on any atom is -0.457 e. The van der Waals surface area contributed by atoms with Crippen LogP contribution in [0.1, 0.15) is 23.6 Å². The predicted molar refractivity (Wildman–Crippen MR) is 79.8 cm³/mol. The number of hydrogen-bond acceptors (Lipinski definition) is 2. The maximum Gasteiger partial charge on any atom is 0.130 e. The number of nitrogens with two attached hydrogens (primary N) is 1. The van der Waals surface area contributed by atoms with Crippen LogP contribution in [0.15, 0.2) is 42.5 Å². The van der Waals surface area contributed by atoms with E-state index in [-0.39, 0.29) is 6.04 Å². The molecule has 0 saturated carbocycles. The van der Waals surface area contributed by atoms with Crippen molar-refractivity contribution in [1.82, 2.24) is 0 Å². The molecule has 2 N–H and O–H groups in total. The monoisotopic (exact) mass is 255 g/mol. The third kappa shape index (κ3) is 3.58. The molecule has 0 aliphatic rings. The average molecular weight is 255 g/mol. The van der Waals surface area contributed by atoms with Gasteiger partial charge in [-0.15, -0.1) is 0 Å². The Hall–Kier alpha value is -1.80. The van der Waals surface area contributed by atoms with Crippen molar-refractivity contribution in [3.63, 3.8) is 0 Å². The summed E-state index contributed by atoms with van der Waals surface area (Å²) in [5.41, 5.74) is 9.42. The molecule has 0 aromatic heterocycles. The van der Waals surface area contributed by atoms with Gasteiger partial charge in [-0.1, -0.05) is 35.9 Å². The van der Waals surface area contributed by atoms with Crippen LogP contribution in [-0.2, 0) is 6.42 Å². The van der Waals surface area contributed by atoms with Crippen molar-refractivity contribution in [3.05, 3.63) is 59.2 Å². The lowest BCUT2D eigenvalue weighted by Gasteiger charge is -2.14. The normalized spacial score (nSPS) is 12.2. The Morgan fingerprint density at radius 3 is 2.47 bits per heavy atom. The lowest BCUT2D eigenvalue weighted by molar-refractivity contribution is 0.470. The molecule has 0 aliphatic heterocycles. The lowest BCUT2D eigenvalue weighted by Crippen LogP contribution is -2.18. The van der Waals surface area contributed by atoms with Gasteiger partial charge >= 0.3 is 0 Å². The van der Waals surface area contributed by atoms with Crippen LogP contribution in [0.4, 0.5) is 0 Å². The largest absolute Gasteiger partial charge is 0.457 e. The van der Waals surface area contributed by atoms with E-state index in [0.29, 0.717) is 0 Å². The van der Waals surface area contributed by atoms with Crippen molar-refractivity contribution in [2.75, 3.05) is 0 Å². The van der Waals surface area contributed by atoms with E-state index < -0.39 is 0 Å². The first kappa shape index (κ1) is 13.6. The van der Waals surface area contributed by atoms with Gasteiger partial charge in [0.2, 0.25) is 0 Å². The second-order valence-electron chi connectivity index (χ2n) is 5.16. The number of para-hydroxylation sites is 1. The molecule has 0 heterocycles. The standard InChI is InChI=1S/C17H21NO/c1-12-8-9-16(13(2)10-12)19-17-7-5-4-6-15(17)11-14(3)18/h4-10,14H,11,18H2,1-3H3. The van der Waals surface area contributed by atoms with Gasteiger partial charge in [0.05, 0.1) is 0 Å². The fourth-order valence-electron chi connectivity index (χ4n) is 2.15. The molecule has 0 aliphatic carbocycles. The molecule has 0 fully saturated rings. The molecule has 0 amide bonds. The molecule has 2 nitrogen and oxygen atoms in total. The average Bonchev–Trinajstić information content (AvgIpc) is 2.34. The van der Waals surface area contributed by atoms with Gasteiger partial charge in [-0.3, -0.25) is 0 Å². The number of benzene rings is 2. The molecule has 2 rings (SSSR count). The molecule has 2 aromatic carbocycles. The minimum atomic E-state index is 0.129. The van der Waals surface area contributed by atoms with E-state index in [1.165, 1.54) is 5.56 Å². The molecule has 0 radical (unpaired) electrons. The van der Waals surface area contributed by atoms with Gasteiger partial charge < -0.3 is 10.5 Å². The summed E-state index contributed by atoms with van der Waals surface area (Å²) in [6, 6.07) is 14.4. The summed E-state index contributed by atoms with van der Waals surface area (Å²) in [6.45, 7) is 6.16. The van der Waals surface area contributed by atoms with Gasteiger partial charge in [-0.2, -0.15) is 0 Å². The van der Waals surface area contributed by atoms with Crippen LogP contribution >= 0.6 is 0 Å². The van der Waals surface area contributed by atoms with Crippen LogP contribution in [0.5, 0.6) is 11.5 Å².